The number of benzene rings is 3. The van der Waals surface area contributed by atoms with Gasteiger partial charge in [0.15, 0.2) is 6.61 Å². The molecule has 7 nitrogen and oxygen atoms in total. The minimum atomic E-state index is -0.520. The summed E-state index contributed by atoms with van der Waals surface area (Å²) in [7, 11) is 1.52. The predicted octanol–water partition coefficient (Wildman–Crippen LogP) is 4.85. The Labute approximate surface area is 184 Å². The number of ether oxygens (including phenoxy) is 3. The van der Waals surface area contributed by atoms with Crippen LogP contribution in [0.5, 0.6) is 11.5 Å². The number of aryl methyl sites for hydroxylation is 1. The van der Waals surface area contributed by atoms with Crippen molar-refractivity contribution < 1.29 is 28.2 Å². The third-order valence-corrected chi connectivity index (χ3v) is 4.99. The van der Waals surface area contributed by atoms with E-state index in [9.17, 15) is 9.59 Å². The zero-order valence-electron chi connectivity index (χ0n) is 17.8. The SMILES string of the molecule is COc1cc2c(cc1NC(=O)COC(=O)CCOc1ccccc1C)oc1ccccc12. The van der Waals surface area contributed by atoms with Gasteiger partial charge in [0.2, 0.25) is 0 Å². The number of rotatable bonds is 8. The van der Waals surface area contributed by atoms with Crippen LogP contribution in [-0.2, 0) is 14.3 Å². The topological polar surface area (TPSA) is 87.0 Å². The first kappa shape index (κ1) is 21.2. The molecule has 4 aromatic rings. The molecule has 0 aliphatic heterocycles. The largest absolute Gasteiger partial charge is 0.495 e. The Bertz CT molecular complexity index is 1280. The Hall–Kier alpha value is -4.00. The zero-order chi connectivity index (χ0) is 22.5. The number of hydrogen-bond acceptors (Lipinski definition) is 6. The van der Waals surface area contributed by atoms with Gasteiger partial charge >= 0.3 is 5.97 Å². The Morgan fingerprint density at radius 1 is 0.938 bits per heavy atom. The maximum Gasteiger partial charge on any atom is 0.309 e. The molecule has 1 amide bonds. The first-order valence-corrected chi connectivity index (χ1v) is 10.2. The van der Waals surface area contributed by atoms with E-state index in [2.05, 4.69) is 5.32 Å². The third-order valence-electron chi connectivity index (χ3n) is 4.99. The van der Waals surface area contributed by atoms with Crippen molar-refractivity contribution >= 4 is 39.5 Å². The van der Waals surface area contributed by atoms with Crippen molar-refractivity contribution in [1.82, 2.24) is 0 Å². The molecule has 0 radical (unpaired) electrons. The van der Waals surface area contributed by atoms with Crippen molar-refractivity contribution in [3.63, 3.8) is 0 Å². The van der Waals surface area contributed by atoms with E-state index >= 15 is 0 Å². The lowest BCUT2D eigenvalue weighted by atomic mass is 10.1. The van der Waals surface area contributed by atoms with Crippen molar-refractivity contribution in [2.75, 3.05) is 25.6 Å². The minimum Gasteiger partial charge on any atom is -0.495 e. The van der Waals surface area contributed by atoms with Crippen LogP contribution in [0.15, 0.2) is 65.1 Å². The lowest BCUT2D eigenvalue weighted by molar-refractivity contribution is -0.147. The van der Waals surface area contributed by atoms with Crippen LogP contribution in [0.1, 0.15) is 12.0 Å². The van der Waals surface area contributed by atoms with Gasteiger partial charge in [-0.2, -0.15) is 0 Å². The van der Waals surface area contributed by atoms with Crippen LogP contribution in [0.3, 0.4) is 0 Å². The molecule has 0 saturated carbocycles. The Morgan fingerprint density at radius 3 is 2.53 bits per heavy atom. The molecule has 0 fully saturated rings. The molecule has 3 aromatic carbocycles. The summed E-state index contributed by atoms with van der Waals surface area (Å²) < 4.78 is 21.9. The fraction of sp³-hybridized carbons (Fsp3) is 0.200. The number of carbonyl (C=O) groups is 2. The molecule has 4 rings (SSSR count). The highest BCUT2D eigenvalue weighted by atomic mass is 16.5. The second-order valence-electron chi connectivity index (χ2n) is 7.22. The fourth-order valence-electron chi connectivity index (χ4n) is 3.39. The molecular formula is C25H23NO6. The van der Waals surface area contributed by atoms with E-state index in [0.717, 1.165) is 21.9 Å². The highest BCUT2D eigenvalue weighted by Crippen LogP contribution is 2.36. The summed E-state index contributed by atoms with van der Waals surface area (Å²) >= 11 is 0. The van der Waals surface area contributed by atoms with Crippen molar-refractivity contribution in [3.8, 4) is 11.5 Å². The number of anilines is 1. The second kappa shape index (κ2) is 9.43. The molecule has 1 N–H and O–H groups in total. The van der Waals surface area contributed by atoms with Gasteiger partial charge in [0.1, 0.15) is 22.7 Å². The van der Waals surface area contributed by atoms with Crippen LogP contribution in [0.25, 0.3) is 21.9 Å². The van der Waals surface area contributed by atoms with Gasteiger partial charge in [-0.3, -0.25) is 9.59 Å². The number of nitrogens with one attached hydrogen (secondary N) is 1. The molecule has 1 heterocycles. The highest BCUT2D eigenvalue weighted by molar-refractivity contribution is 6.07. The molecule has 1 aromatic heterocycles. The van der Waals surface area contributed by atoms with Gasteiger partial charge in [0, 0.05) is 16.8 Å². The average molecular weight is 433 g/mol. The Kier molecular flexibility index (Phi) is 6.26. The van der Waals surface area contributed by atoms with Gasteiger partial charge in [0.05, 0.1) is 25.8 Å². The summed E-state index contributed by atoms with van der Waals surface area (Å²) in [6.07, 6.45) is 0.0376. The molecule has 0 unspecified atom stereocenters. The number of fused-ring (bicyclic) bond motifs is 3. The Morgan fingerprint density at radius 2 is 1.72 bits per heavy atom. The number of esters is 1. The standard InChI is InChI=1S/C25H23NO6/c1-16-7-3-5-9-20(16)30-12-11-25(28)31-15-24(27)26-19-14-22-18(13-23(19)29-2)17-8-4-6-10-21(17)32-22/h3-10,13-14H,11-12,15H2,1-2H3,(H,26,27). The lowest BCUT2D eigenvalue weighted by Gasteiger charge is -2.11. The van der Waals surface area contributed by atoms with Crippen molar-refractivity contribution in [1.29, 1.82) is 0 Å². The first-order chi connectivity index (χ1) is 15.5. The van der Waals surface area contributed by atoms with E-state index in [0.29, 0.717) is 22.8 Å². The van der Waals surface area contributed by atoms with Crippen LogP contribution >= 0.6 is 0 Å². The molecule has 0 bridgehead atoms. The number of hydrogen-bond donors (Lipinski definition) is 1. The van der Waals surface area contributed by atoms with E-state index in [-0.39, 0.29) is 13.0 Å². The van der Waals surface area contributed by atoms with Gasteiger partial charge < -0.3 is 23.9 Å². The van der Waals surface area contributed by atoms with Crippen molar-refractivity contribution in [2.24, 2.45) is 0 Å². The summed E-state index contributed by atoms with van der Waals surface area (Å²) in [5.41, 5.74) is 2.78. The molecule has 32 heavy (non-hydrogen) atoms. The van der Waals surface area contributed by atoms with E-state index in [4.69, 9.17) is 18.6 Å². The van der Waals surface area contributed by atoms with Gasteiger partial charge in [-0.15, -0.1) is 0 Å². The molecule has 0 spiro atoms. The van der Waals surface area contributed by atoms with E-state index in [1.165, 1.54) is 7.11 Å². The average Bonchev–Trinajstić information content (AvgIpc) is 3.15. The number of carbonyl (C=O) groups excluding carboxylic acids is 2. The molecule has 0 aliphatic carbocycles. The predicted molar refractivity (Wildman–Crippen MR) is 121 cm³/mol. The van der Waals surface area contributed by atoms with E-state index in [1.807, 2.05) is 61.5 Å². The number of para-hydroxylation sites is 2. The van der Waals surface area contributed by atoms with E-state index in [1.54, 1.807) is 6.07 Å². The summed E-state index contributed by atoms with van der Waals surface area (Å²) in [5, 5.41) is 4.55. The van der Waals surface area contributed by atoms with Crippen molar-refractivity contribution in [3.05, 3.63) is 66.2 Å². The van der Waals surface area contributed by atoms with Gasteiger partial charge in [-0.05, 0) is 30.7 Å². The third kappa shape index (κ3) is 4.67. The van der Waals surface area contributed by atoms with Crippen LogP contribution in [-0.4, -0.2) is 32.2 Å². The van der Waals surface area contributed by atoms with Crippen LogP contribution in [0, 0.1) is 6.92 Å². The van der Waals surface area contributed by atoms with Crippen LogP contribution < -0.4 is 14.8 Å². The smallest absolute Gasteiger partial charge is 0.309 e. The monoisotopic (exact) mass is 433 g/mol. The number of amides is 1. The van der Waals surface area contributed by atoms with Gasteiger partial charge in [0.25, 0.3) is 5.91 Å². The number of methoxy groups -OCH3 is 1. The van der Waals surface area contributed by atoms with E-state index < -0.39 is 18.5 Å². The molecule has 0 aliphatic rings. The summed E-state index contributed by atoms with van der Waals surface area (Å²) in [5.74, 6) is 0.196. The van der Waals surface area contributed by atoms with Crippen molar-refractivity contribution in [2.45, 2.75) is 13.3 Å². The fourth-order valence-corrected chi connectivity index (χ4v) is 3.39. The normalized spacial score (nSPS) is 10.8. The zero-order valence-corrected chi connectivity index (χ0v) is 17.8. The molecule has 0 atom stereocenters. The lowest BCUT2D eigenvalue weighted by Crippen LogP contribution is -2.22. The number of furan rings is 1. The van der Waals surface area contributed by atoms with Crippen LogP contribution in [0.2, 0.25) is 0 Å². The van der Waals surface area contributed by atoms with Gasteiger partial charge in [-0.1, -0.05) is 36.4 Å². The first-order valence-electron chi connectivity index (χ1n) is 10.2. The highest BCUT2D eigenvalue weighted by Gasteiger charge is 2.15. The van der Waals surface area contributed by atoms with Gasteiger partial charge in [-0.25, -0.2) is 0 Å². The maximum atomic E-state index is 12.3. The minimum absolute atomic E-state index is 0.0376. The second-order valence-corrected chi connectivity index (χ2v) is 7.22. The molecule has 7 heteroatoms. The quantitative estimate of drug-likeness (QED) is 0.400. The summed E-state index contributed by atoms with van der Waals surface area (Å²) in [4.78, 5) is 24.3. The Balaban J connectivity index is 1.33. The molecule has 164 valence electrons. The summed E-state index contributed by atoms with van der Waals surface area (Å²) in [6, 6.07) is 18.7. The maximum absolute atomic E-state index is 12.3. The summed E-state index contributed by atoms with van der Waals surface area (Å²) in [6.45, 7) is 1.68. The van der Waals surface area contributed by atoms with Crippen LogP contribution in [0.4, 0.5) is 5.69 Å². The molecular weight excluding hydrogens is 410 g/mol. The molecule has 0 saturated heterocycles.